The van der Waals surface area contributed by atoms with Crippen LogP contribution >= 0.6 is 11.6 Å². The molecule has 1 amide bonds. The fraction of sp³-hybridized carbons (Fsp3) is 0.600. The summed E-state index contributed by atoms with van der Waals surface area (Å²) in [6, 6.07) is 5.74. The summed E-state index contributed by atoms with van der Waals surface area (Å²) in [5, 5.41) is 4.88. The first-order valence-corrected chi connectivity index (χ1v) is 14.4. The monoisotopic (exact) mass is 523 g/mol. The number of carbonyl (C=O) groups is 1. The Hall–Kier alpha value is -2.10. The van der Waals surface area contributed by atoms with Crippen molar-refractivity contribution in [2.75, 3.05) is 44.2 Å². The maximum absolute atomic E-state index is 13.7. The Morgan fingerprint density at radius 1 is 1.06 bits per heavy atom. The van der Waals surface area contributed by atoms with Gasteiger partial charge in [0.2, 0.25) is 5.03 Å². The topological polar surface area (TPSA) is 78.8 Å². The van der Waals surface area contributed by atoms with Crippen LogP contribution < -0.4 is 4.90 Å². The quantitative estimate of drug-likeness (QED) is 0.435. The molecule has 0 atom stereocenters. The van der Waals surface area contributed by atoms with Gasteiger partial charge in [-0.1, -0.05) is 44.4 Å². The molecule has 0 saturated carbocycles. The van der Waals surface area contributed by atoms with E-state index in [9.17, 15) is 13.2 Å². The Balaban J connectivity index is 1.84. The van der Waals surface area contributed by atoms with Gasteiger partial charge in [-0.15, -0.1) is 0 Å². The molecule has 8 nitrogen and oxygen atoms in total. The number of rotatable bonds is 11. The van der Waals surface area contributed by atoms with Crippen molar-refractivity contribution < 1.29 is 13.2 Å². The molecule has 0 radical (unpaired) electrons. The van der Waals surface area contributed by atoms with Crippen molar-refractivity contribution in [1.29, 1.82) is 0 Å². The van der Waals surface area contributed by atoms with E-state index in [0.717, 1.165) is 36.9 Å². The van der Waals surface area contributed by atoms with E-state index in [1.807, 2.05) is 32.0 Å². The number of piperazine rings is 1. The lowest BCUT2D eigenvalue weighted by molar-refractivity contribution is 0.0747. The van der Waals surface area contributed by atoms with Crippen molar-refractivity contribution >= 4 is 33.2 Å². The van der Waals surface area contributed by atoms with Crippen LogP contribution in [0.1, 0.15) is 62.4 Å². The highest BCUT2D eigenvalue weighted by atomic mass is 35.5. The van der Waals surface area contributed by atoms with E-state index >= 15 is 0 Å². The van der Waals surface area contributed by atoms with Gasteiger partial charge in [-0.05, 0) is 44.4 Å². The first-order valence-electron chi connectivity index (χ1n) is 12.6. The van der Waals surface area contributed by atoms with Gasteiger partial charge in [-0.2, -0.15) is 9.40 Å². The molecule has 0 unspecified atom stereocenters. The Morgan fingerprint density at radius 3 is 2.26 bits per heavy atom. The minimum atomic E-state index is -3.92. The minimum absolute atomic E-state index is 0.130. The smallest absolute Gasteiger partial charge is 0.263 e. The second-order valence-electron chi connectivity index (χ2n) is 9.02. The van der Waals surface area contributed by atoms with E-state index < -0.39 is 10.0 Å². The number of carbonyl (C=O) groups excluding carboxylic acids is 1. The number of nitrogens with zero attached hydrogens (tertiary/aromatic N) is 5. The van der Waals surface area contributed by atoms with E-state index in [1.165, 1.54) is 4.31 Å². The van der Waals surface area contributed by atoms with Crippen LogP contribution in [0.4, 0.5) is 5.69 Å². The van der Waals surface area contributed by atoms with E-state index in [2.05, 4.69) is 23.8 Å². The van der Waals surface area contributed by atoms with E-state index in [-0.39, 0.29) is 16.5 Å². The third-order valence-corrected chi connectivity index (χ3v) is 8.54. The van der Waals surface area contributed by atoms with E-state index in [0.29, 0.717) is 50.8 Å². The second kappa shape index (κ2) is 12.2. The first-order chi connectivity index (χ1) is 16.7. The van der Waals surface area contributed by atoms with Crippen molar-refractivity contribution in [2.24, 2.45) is 0 Å². The average molecular weight is 524 g/mol. The summed E-state index contributed by atoms with van der Waals surface area (Å²) in [6.45, 7) is 11.5. The largest absolute Gasteiger partial charge is 0.369 e. The van der Waals surface area contributed by atoms with Crippen LogP contribution in [0.25, 0.3) is 0 Å². The fourth-order valence-electron chi connectivity index (χ4n) is 4.30. The Morgan fingerprint density at radius 2 is 1.69 bits per heavy atom. The molecule has 35 heavy (non-hydrogen) atoms. The normalized spacial score (nSPS) is 14.9. The van der Waals surface area contributed by atoms with Gasteiger partial charge in [0, 0.05) is 62.7 Å². The Labute approximate surface area is 214 Å². The highest BCUT2D eigenvalue weighted by molar-refractivity contribution is 7.89. The summed E-state index contributed by atoms with van der Waals surface area (Å²) >= 11 is 6.19. The summed E-state index contributed by atoms with van der Waals surface area (Å²) in [7, 11) is -3.92. The molecule has 0 spiro atoms. The number of amides is 1. The van der Waals surface area contributed by atoms with Gasteiger partial charge < -0.3 is 9.80 Å². The van der Waals surface area contributed by atoms with Gasteiger partial charge in [0.25, 0.3) is 15.9 Å². The van der Waals surface area contributed by atoms with Gasteiger partial charge in [0.1, 0.15) is 0 Å². The molecule has 3 rings (SSSR count). The van der Waals surface area contributed by atoms with Crippen molar-refractivity contribution in [3.05, 3.63) is 40.5 Å². The molecule has 10 heteroatoms. The average Bonchev–Trinajstić information content (AvgIpc) is 3.31. The van der Waals surface area contributed by atoms with Gasteiger partial charge >= 0.3 is 0 Å². The van der Waals surface area contributed by atoms with Crippen LogP contribution in [0.2, 0.25) is 5.02 Å². The molecule has 2 aromatic rings. The van der Waals surface area contributed by atoms with Gasteiger partial charge in [-0.3, -0.25) is 9.48 Å². The molecule has 0 N–H and O–H groups in total. The zero-order chi connectivity index (χ0) is 25.6. The molecule has 0 aliphatic carbocycles. The van der Waals surface area contributed by atoms with Gasteiger partial charge in [0.15, 0.2) is 0 Å². The van der Waals surface area contributed by atoms with Crippen LogP contribution in [0, 0.1) is 6.92 Å². The van der Waals surface area contributed by atoms with Crippen LogP contribution in [-0.4, -0.2) is 72.6 Å². The Bertz CT molecular complexity index is 1100. The SMILES string of the molecule is CCCCN(CCCC)C(=O)c1cn(CC)nc1S(=O)(=O)N1CCN(c2cc(Cl)ccc2C)CC1. The number of hydrogen-bond acceptors (Lipinski definition) is 5. The molecule has 1 fully saturated rings. The predicted molar refractivity (Wildman–Crippen MR) is 141 cm³/mol. The van der Waals surface area contributed by atoms with Crippen molar-refractivity contribution in [3.8, 4) is 0 Å². The molecule has 1 aromatic carbocycles. The van der Waals surface area contributed by atoms with Crippen LogP contribution in [0.5, 0.6) is 0 Å². The summed E-state index contributed by atoms with van der Waals surface area (Å²) < 4.78 is 30.4. The number of unbranched alkanes of at least 4 members (excludes halogenated alkanes) is 2. The zero-order valence-electron chi connectivity index (χ0n) is 21.3. The number of anilines is 1. The summed E-state index contributed by atoms with van der Waals surface area (Å²) in [5.41, 5.74) is 2.29. The van der Waals surface area contributed by atoms with Crippen molar-refractivity contribution in [2.45, 2.75) is 64.9 Å². The molecule has 1 aromatic heterocycles. The summed E-state index contributed by atoms with van der Waals surface area (Å²) in [4.78, 5) is 17.4. The first kappa shape index (κ1) is 27.5. The predicted octanol–water partition coefficient (Wildman–Crippen LogP) is 4.42. The minimum Gasteiger partial charge on any atom is -0.369 e. The highest BCUT2D eigenvalue weighted by Crippen LogP contribution is 2.27. The van der Waals surface area contributed by atoms with Crippen LogP contribution in [0.15, 0.2) is 29.4 Å². The fourth-order valence-corrected chi connectivity index (χ4v) is 5.98. The number of aromatic nitrogens is 2. The number of aryl methyl sites for hydroxylation is 2. The number of sulfonamides is 1. The van der Waals surface area contributed by atoms with Crippen LogP contribution in [0.3, 0.4) is 0 Å². The number of hydrogen-bond donors (Lipinski definition) is 0. The molecule has 1 aliphatic rings. The summed E-state index contributed by atoms with van der Waals surface area (Å²) in [5.74, 6) is -0.252. The maximum atomic E-state index is 13.7. The Kier molecular flexibility index (Phi) is 9.61. The lowest BCUT2D eigenvalue weighted by Crippen LogP contribution is -2.49. The molecule has 1 aliphatic heterocycles. The molecule has 194 valence electrons. The zero-order valence-corrected chi connectivity index (χ0v) is 22.9. The standard InChI is InChI=1S/C25H38ClN5O3S/c1-5-8-12-29(13-9-6-2)25(32)22-19-30(7-3)27-24(22)35(33,34)31-16-14-28(15-17-31)23-18-21(26)11-10-20(23)4/h10-11,18-19H,5-9,12-17H2,1-4H3. The lowest BCUT2D eigenvalue weighted by atomic mass is 10.1. The highest BCUT2D eigenvalue weighted by Gasteiger charge is 2.36. The third-order valence-electron chi connectivity index (χ3n) is 6.47. The van der Waals surface area contributed by atoms with Crippen LogP contribution in [-0.2, 0) is 16.6 Å². The van der Waals surface area contributed by atoms with Gasteiger partial charge in [0.05, 0.1) is 5.56 Å². The molecular formula is C25H38ClN5O3S. The molecular weight excluding hydrogens is 486 g/mol. The maximum Gasteiger partial charge on any atom is 0.263 e. The van der Waals surface area contributed by atoms with Crippen molar-refractivity contribution in [1.82, 2.24) is 19.0 Å². The molecule has 0 bridgehead atoms. The third kappa shape index (κ3) is 6.37. The summed E-state index contributed by atoms with van der Waals surface area (Å²) in [6.07, 6.45) is 5.28. The molecule has 1 saturated heterocycles. The number of benzene rings is 1. The molecule has 2 heterocycles. The second-order valence-corrected chi connectivity index (χ2v) is 11.3. The van der Waals surface area contributed by atoms with E-state index in [4.69, 9.17) is 11.6 Å². The van der Waals surface area contributed by atoms with Gasteiger partial charge in [-0.25, -0.2) is 8.42 Å². The number of halogens is 1. The lowest BCUT2D eigenvalue weighted by Gasteiger charge is -2.36. The van der Waals surface area contributed by atoms with Crippen molar-refractivity contribution in [3.63, 3.8) is 0 Å². The van der Waals surface area contributed by atoms with E-state index in [1.54, 1.807) is 15.8 Å².